The average Bonchev–Trinajstić information content (AvgIpc) is 2.64. The Morgan fingerprint density at radius 1 is 1.07 bits per heavy atom. The van der Waals surface area contributed by atoms with E-state index >= 15 is 0 Å². The maximum atomic E-state index is 13.1. The summed E-state index contributed by atoms with van der Waals surface area (Å²) in [7, 11) is 0. The number of carbonyl (C=O) groups excluding carboxylic acids is 2. The van der Waals surface area contributed by atoms with E-state index in [0.717, 1.165) is 28.7 Å². The van der Waals surface area contributed by atoms with Crippen LogP contribution in [-0.2, 0) is 22.6 Å². The van der Waals surface area contributed by atoms with E-state index in [2.05, 4.69) is 5.32 Å². The molecule has 144 valence electrons. The minimum atomic E-state index is -0.520. The van der Waals surface area contributed by atoms with Gasteiger partial charge < -0.3 is 10.2 Å². The van der Waals surface area contributed by atoms with Gasteiger partial charge in [-0.1, -0.05) is 61.0 Å². The summed E-state index contributed by atoms with van der Waals surface area (Å²) in [5, 5.41) is 2.91. The Morgan fingerprint density at radius 3 is 2.48 bits per heavy atom. The summed E-state index contributed by atoms with van der Waals surface area (Å²) >= 11 is 0. The van der Waals surface area contributed by atoms with Crippen molar-refractivity contribution in [2.45, 2.75) is 53.1 Å². The number of rotatable bonds is 8. The normalized spacial score (nSPS) is 11.7. The van der Waals surface area contributed by atoms with Crippen molar-refractivity contribution in [2.75, 3.05) is 6.54 Å². The first-order valence-corrected chi connectivity index (χ1v) is 9.59. The molecule has 0 aliphatic heterocycles. The van der Waals surface area contributed by atoms with Crippen molar-refractivity contribution < 1.29 is 9.59 Å². The number of hydrogen-bond acceptors (Lipinski definition) is 2. The lowest BCUT2D eigenvalue weighted by Crippen LogP contribution is -2.48. The molecule has 0 aliphatic rings. The first kappa shape index (κ1) is 20.7. The topological polar surface area (TPSA) is 49.4 Å². The number of carbonyl (C=O) groups is 2. The summed E-state index contributed by atoms with van der Waals surface area (Å²) < 4.78 is 0. The quantitative estimate of drug-likeness (QED) is 0.773. The van der Waals surface area contributed by atoms with Crippen molar-refractivity contribution in [3.05, 3.63) is 70.8 Å². The second kappa shape index (κ2) is 9.91. The summed E-state index contributed by atoms with van der Waals surface area (Å²) in [5.74, 6) is -0.147. The van der Waals surface area contributed by atoms with Gasteiger partial charge in [-0.2, -0.15) is 0 Å². The van der Waals surface area contributed by atoms with Crippen LogP contribution in [0.3, 0.4) is 0 Å². The van der Waals surface area contributed by atoms with Gasteiger partial charge in [-0.05, 0) is 43.9 Å². The second-order valence-electron chi connectivity index (χ2n) is 7.08. The van der Waals surface area contributed by atoms with Gasteiger partial charge in [0, 0.05) is 13.1 Å². The molecule has 2 amide bonds. The second-order valence-corrected chi connectivity index (χ2v) is 7.08. The Kier molecular flexibility index (Phi) is 7.59. The molecule has 2 rings (SSSR count). The standard InChI is InChI=1S/C23H30N2O2/c1-5-13-24-23(27)19(4)25(16-21-12-7-6-10-18(21)3)22(26)15-20-11-8-9-17(2)14-20/h6-12,14,19H,5,13,15-16H2,1-4H3,(H,24,27)/t19-/m0/s1. The van der Waals surface area contributed by atoms with Crippen LogP contribution in [0.5, 0.6) is 0 Å². The van der Waals surface area contributed by atoms with E-state index < -0.39 is 6.04 Å². The first-order valence-electron chi connectivity index (χ1n) is 9.59. The number of nitrogens with one attached hydrogen (secondary N) is 1. The van der Waals surface area contributed by atoms with Gasteiger partial charge in [0.1, 0.15) is 6.04 Å². The Hall–Kier alpha value is -2.62. The number of benzene rings is 2. The van der Waals surface area contributed by atoms with Crippen LogP contribution >= 0.6 is 0 Å². The third-order valence-electron chi connectivity index (χ3n) is 4.76. The highest BCUT2D eigenvalue weighted by molar-refractivity contribution is 5.88. The Morgan fingerprint density at radius 2 is 1.81 bits per heavy atom. The van der Waals surface area contributed by atoms with Crippen molar-refractivity contribution in [3.8, 4) is 0 Å². The van der Waals surface area contributed by atoms with Gasteiger partial charge in [0.2, 0.25) is 11.8 Å². The van der Waals surface area contributed by atoms with Crippen molar-refractivity contribution in [3.63, 3.8) is 0 Å². The van der Waals surface area contributed by atoms with E-state index in [9.17, 15) is 9.59 Å². The van der Waals surface area contributed by atoms with Crippen LogP contribution in [0.2, 0.25) is 0 Å². The molecule has 27 heavy (non-hydrogen) atoms. The number of amides is 2. The van der Waals surface area contributed by atoms with E-state index in [1.165, 1.54) is 0 Å². The predicted molar refractivity (Wildman–Crippen MR) is 109 cm³/mol. The van der Waals surface area contributed by atoms with Crippen LogP contribution in [0.1, 0.15) is 42.5 Å². The third kappa shape index (κ3) is 5.95. The van der Waals surface area contributed by atoms with Gasteiger partial charge >= 0.3 is 0 Å². The first-order chi connectivity index (χ1) is 12.9. The van der Waals surface area contributed by atoms with Crippen LogP contribution in [-0.4, -0.2) is 29.3 Å². The van der Waals surface area contributed by atoms with Crippen LogP contribution < -0.4 is 5.32 Å². The minimum absolute atomic E-state index is 0.0389. The van der Waals surface area contributed by atoms with Crippen molar-refractivity contribution >= 4 is 11.8 Å². The molecule has 2 aromatic rings. The number of hydrogen-bond donors (Lipinski definition) is 1. The molecule has 0 saturated heterocycles. The maximum Gasteiger partial charge on any atom is 0.242 e. The Labute approximate surface area is 162 Å². The van der Waals surface area contributed by atoms with E-state index in [-0.39, 0.29) is 11.8 Å². The highest BCUT2D eigenvalue weighted by Gasteiger charge is 2.26. The molecular formula is C23H30N2O2. The number of aryl methyl sites for hydroxylation is 2. The maximum absolute atomic E-state index is 13.1. The van der Waals surface area contributed by atoms with Gasteiger partial charge in [-0.25, -0.2) is 0 Å². The highest BCUT2D eigenvalue weighted by atomic mass is 16.2. The summed E-state index contributed by atoms with van der Waals surface area (Å²) in [6.07, 6.45) is 1.16. The SMILES string of the molecule is CCCNC(=O)[C@H](C)N(Cc1ccccc1C)C(=O)Cc1cccc(C)c1. The van der Waals surface area contributed by atoms with Gasteiger partial charge in [0.05, 0.1) is 6.42 Å². The molecular weight excluding hydrogens is 336 g/mol. The van der Waals surface area contributed by atoms with Crippen LogP contribution in [0, 0.1) is 13.8 Å². The largest absolute Gasteiger partial charge is 0.354 e. The molecule has 0 heterocycles. The molecule has 1 atom stereocenters. The van der Waals surface area contributed by atoms with Crippen LogP contribution in [0.4, 0.5) is 0 Å². The van der Waals surface area contributed by atoms with E-state index in [4.69, 9.17) is 0 Å². The van der Waals surface area contributed by atoms with E-state index in [0.29, 0.717) is 19.5 Å². The van der Waals surface area contributed by atoms with Gasteiger partial charge in [-0.3, -0.25) is 9.59 Å². The predicted octanol–water partition coefficient (Wildman–Crippen LogP) is 3.79. The van der Waals surface area contributed by atoms with E-state index in [1.807, 2.05) is 69.3 Å². The highest BCUT2D eigenvalue weighted by Crippen LogP contribution is 2.15. The van der Waals surface area contributed by atoms with Crippen molar-refractivity contribution in [1.82, 2.24) is 10.2 Å². The molecule has 0 aromatic heterocycles. The fourth-order valence-electron chi connectivity index (χ4n) is 3.05. The molecule has 4 heteroatoms. The molecule has 0 unspecified atom stereocenters. The third-order valence-corrected chi connectivity index (χ3v) is 4.76. The fourth-order valence-corrected chi connectivity index (χ4v) is 3.05. The van der Waals surface area contributed by atoms with E-state index in [1.54, 1.807) is 11.8 Å². The lowest BCUT2D eigenvalue weighted by atomic mass is 10.0. The molecule has 0 saturated carbocycles. The van der Waals surface area contributed by atoms with Gasteiger partial charge in [0.15, 0.2) is 0 Å². The smallest absolute Gasteiger partial charge is 0.242 e. The summed E-state index contributed by atoms with van der Waals surface area (Å²) in [6, 6.07) is 15.4. The van der Waals surface area contributed by atoms with Gasteiger partial charge in [0.25, 0.3) is 0 Å². The molecule has 0 aliphatic carbocycles. The molecule has 0 radical (unpaired) electrons. The zero-order chi connectivity index (χ0) is 19.8. The molecule has 0 bridgehead atoms. The van der Waals surface area contributed by atoms with Crippen molar-refractivity contribution in [1.29, 1.82) is 0 Å². The summed E-state index contributed by atoms with van der Waals surface area (Å²) in [6.45, 7) is 8.90. The molecule has 1 N–H and O–H groups in total. The zero-order valence-corrected chi connectivity index (χ0v) is 16.8. The summed E-state index contributed by atoms with van der Waals surface area (Å²) in [4.78, 5) is 27.3. The van der Waals surface area contributed by atoms with Gasteiger partial charge in [-0.15, -0.1) is 0 Å². The molecule has 4 nitrogen and oxygen atoms in total. The number of nitrogens with zero attached hydrogens (tertiary/aromatic N) is 1. The van der Waals surface area contributed by atoms with Crippen molar-refractivity contribution in [2.24, 2.45) is 0 Å². The molecule has 0 spiro atoms. The monoisotopic (exact) mass is 366 g/mol. The Bertz CT molecular complexity index is 785. The average molecular weight is 367 g/mol. The zero-order valence-electron chi connectivity index (χ0n) is 16.8. The lowest BCUT2D eigenvalue weighted by Gasteiger charge is -2.29. The summed E-state index contributed by atoms with van der Waals surface area (Å²) in [5.41, 5.74) is 4.27. The van der Waals surface area contributed by atoms with Crippen LogP contribution in [0.15, 0.2) is 48.5 Å². The Balaban J connectivity index is 2.23. The molecule has 0 fully saturated rings. The minimum Gasteiger partial charge on any atom is -0.354 e. The van der Waals surface area contributed by atoms with Crippen LogP contribution in [0.25, 0.3) is 0 Å². The fraction of sp³-hybridized carbons (Fsp3) is 0.391. The molecule has 2 aromatic carbocycles. The lowest BCUT2D eigenvalue weighted by molar-refractivity contribution is -0.140.